The number of aliphatic hydroxyl groups is 2. The van der Waals surface area contributed by atoms with E-state index in [2.05, 4.69) is 21.2 Å². The Balaban J connectivity index is 2.83. The molecule has 1 rings (SSSR count). The van der Waals surface area contributed by atoms with E-state index in [0.29, 0.717) is 35.1 Å². The van der Waals surface area contributed by atoms with E-state index in [1.807, 2.05) is 20.8 Å². The van der Waals surface area contributed by atoms with E-state index < -0.39 is 18.1 Å². The molecule has 0 saturated heterocycles. The number of unbranched alkanes of at least 4 members (excludes halogenated alkanes) is 1. The average molecular weight is 457 g/mol. The van der Waals surface area contributed by atoms with Gasteiger partial charge in [0.1, 0.15) is 0 Å². The van der Waals surface area contributed by atoms with Crippen LogP contribution in [0.5, 0.6) is 0 Å². The predicted molar refractivity (Wildman–Crippen MR) is 114 cm³/mol. The van der Waals surface area contributed by atoms with Crippen LogP contribution in [0.3, 0.4) is 0 Å². The Morgan fingerprint density at radius 3 is 2.18 bits per heavy atom. The van der Waals surface area contributed by atoms with E-state index in [0.717, 1.165) is 25.7 Å². The number of halogens is 1. The molecule has 2 unspecified atom stereocenters. The van der Waals surface area contributed by atoms with Crippen LogP contribution in [-0.4, -0.2) is 58.8 Å². The Kier molecular flexibility index (Phi) is 11.3. The van der Waals surface area contributed by atoms with Crippen LogP contribution in [0.4, 0.5) is 0 Å². The van der Waals surface area contributed by atoms with Crippen molar-refractivity contribution in [2.24, 2.45) is 0 Å². The van der Waals surface area contributed by atoms with Crippen molar-refractivity contribution in [2.45, 2.75) is 65.1 Å². The highest BCUT2D eigenvalue weighted by Crippen LogP contribution is 2.18. The molecule has 0 saturated carbocycles. The van der Waals surface area contributed by atoms with Gasteiger partial charge in [-0.1, -0.05) is 49.5 Å². The molecule has 0 aliphatic carbocycles. The van der Waals surface area contributed by atoms with E-state index in [1.165, 1.54) is 0 Å². The van der Waals surface area contributed by atoms with Gasteiger partial charge in [-0.3, -0.25) is 9.59 Å². The number of amides is 2. The maximum Gasteiger partial charge on any atom is 0.253 e. The van der Waals surface area contributed by atoms with E-state index in [1.54, 1.807) is 23.1 Å². The lowest BCUT2D eigenvalue weighted by atomic mass is 10.1. The minimum absolute atomic E-state index is 0.0443. The first-order valence-electron chi connectivity index (χ1n) is 10.1. The summed E-state index contributed by atoms with van der Waals surface area (Å²) >= 11 is 3.37. The molecule has 2 amide bonds. The lowest BCUT2D eigenvalue weighted by Gasteiger charge is -2.22. The van der Waals surface area contributed by atoms with Crippen LogP contribution in [0, 0.1) is 0 Å². The van der Waals surface area contributed by atoms with Crippen LogP contribution < -0.4 is 5.32 Å². The fourth-order valence-corrected chi connectivity index (χ4v) is 3.42. The molecule has 0 fully saturated rings. The third-order valence-corrected chi connectivity index (χ3v) is 4.91. The molecule has 2 atom stereocenters. The van der Waals surface area contributed by atoms with Gasteiger partial charge in [-0.15, -0.1) is 0 Å². The van der Waals surface area contributed by atoms with Crippen LogP contribution in [0.2, 0.25) is 0 Å². The summed E-state index contributed by atoms with van der Waals surface area (Å²) in [6, 6.07) is 4.91. The summed E-state index contributed by atoms with van der Waals surface area (Å²) in [7, 11) is 0. The summed E-state index contributed by atoms with van der Waals surface area (Å²) in [6.45, 7) is 7.35. The second-order valence-corrected chi connectivity index (χ2v) is 7.92. The van der Waals surface area contributed by atoms with Crippen LogP contribution in [0.15, 0.2) is 22.7 Å². The zero-order valence-corrected chi connectivity index (χ0v) is 18.7. The maximum atomic E-state index is 12.8. The lowest BCUT2D eigenvalue weighted by Crippen LogP contribution is -2.39. The number of hydrogen-bond acceptors (Lipinski definition) is 4. The molecule has 3 N–H and O–H groups in total. The minimum atomic E-state index is -1.02. The normalized spacial score (nSPS) is 13.1. The highest BCUT2D eigenvalue weighted by atomic mass is 79.9. The number of carbonyl (C=O) groups excluding carboxylic acids is 2. The fraction of sp³-hybridized carbons (Fsp3) is 0.619. The third-order valence-electron chi connectivity index (χ3n) is 4.45. The number of nitrogens with one attached hydrogen (secondary N) is 1. The van der Waals surface area contributed by atoms with Crippen LogP contribution >= 0.6 is 15.9 Å². The van der Waals surface area contributed by atoms with E-state index >= 15 is 0 Å². The standard InChI is InChI=1S/C21H33BrN2O4/c1-4-7-8-18(25)19(26)14-23-20(27)15-11-16(13-17(22)12-15)21(28)24(9-5-2)10-6-3/h11-13,18-19,25-26H,4-10,14H2,1-3H3,(H,23,27). The van der Waals surface area contributed by atoms with Crippen molar-refractivity contribution in [3.05, 3.63) is 33.8 Å². The highest BCUT2D eigenvalue weighted by molar-refractivity contribution is 9.10. The summed E-state index contributed by atoms with van der Waals surface area (Å²) in [5.41, 5.74) is 0.783. The molecule has 0 aliphatic heterocycles. The number of aliphatic hydroxyl groups excluding tert-OH is 2. The maximum absolute atomic E-state index is 12.8. The second-order valence-electron chi connectivity index (χ2n) is 7.01. The molecule has 0 radical (unpaired) electrons. The summed E-state index contributed by atoms with van der Waals surface area (Å²) < 4.78 is 0.639. The van der Waals surface area contributed by atoms with Gasteiger partial charge >= 0.3 is 0 Å². The lowest BCUT2D eigenvalue weighted by molar-refractivity contribution is 0.0143. The van der Waals surface area contributed by atoms with Gasteiger partial charge in [0.25, 0.3) is 11.8 Å². The zero-order chi connectivity index (χ0) is 21.1. The van der Waals surface area contributed by atoms with Gasteiger partial charge in [0.2, 0.25) is 0 Å². The molecule has 0 aliphatic rings. The number of benzene rings is 1. The second kappa shape index (κ2) is 12.9. The first-order valence-corrected chi connectivity index (χ1v) is 10.9. The monoisotopic (exact) mass is 456 g/mol. The van der Waals surface area contributed by atoms with Crippen molar-refractivity contribution in [2.75, 3.05) is 19.6 Å². The summed E-state index contributed by atoms with van der Waals surface area (Å²) in [4.78, 5) is 27.1. The molecule has 6 nitrogen and oxygen atoms in total. The molecule has 7 heteroatoms. The minimum Gasteiger partial charge on any atom is -0.390 e. The van der Waals surface area contributed by atoms with Crippen molar-refractivity contribution < 1.29 is 19.8 Å². The molecular formula is C21H33BrN2O4. The molecule has 28 heavy (non-hydrogen) atoms. The number of nitrogens with zero attached hydrogens (tertiary/aromatic N) is 1. The van der Waals surface area contributed by atoms with Crippen LogP contribution in [-0.2, 0) is 0 Å². The first kappa shape index (κ1) is 24.6. The summed E-state index contributed by atoms with van der Waals surface area (Å²) in [6.07, 6.45) is 2.09. The van der Waals surface area contributed by atoms with Gasteiger partial charge in [-0.25, -0.2) is 0 Å². The topological polar surface area (TPSA) is 89.9 Å². The number of carbonyl (C=O) groups is 2. The van der Waals surface area contributed by atoms with Gasteiger partial charge in [-0.05, 0) is 37.5 Å². The Bertz CT molecular complexity index is 633. The Morgan fingerprint density at radius 2 is 1.61 bits per heavy atom. The summed E-state index contributed by atoms with van der Waals surface area (Å²) in [5, 5.41) is 22.5. The fourth-order valence-electron chi connectivity index (χ4n) is 2.92. The number of rotatable bonds is 12. The summed E-state index contributed by atoms with van der Waals surface area (Å²) in [5.74, 6) is -0.497. The SMILES string of the molecule is CCCCC(O)C(O)CNC(=O)c1cc(Br)cc(C(=O)N(CCC)CCC)c1. The smallest absolute Gasteiger partial charge is 0.253 e. The van der Waals surface area contributed by atoms with E-state index in [4.69, 9.17) is 0 Å². The van der Waals surface area contributed by atoms with Gasteiger partial charge in [0, 0.05) is 35.2 Å². The van der Waals surface area contributed by atoms with E-state index in [9.17, 15) is 19.8 Å². The predicted octanol–water partition coefficient (Wildman–Crippen LogP) is 3.35. The quantitative estimate of drug-likeness (QED) is 0.449. The van der Waals surface area contributed by atoms with Crippen LogP contribution in [0.1, 0.15) is 73.6 Å². The Labute approximate surface area is 176 Å². The molecule has 1 aromatic carbocycles. The Hall–Kier alpha value is -1.44. The zero-order valence-electron chi connectivity index (χ0n) is 17.1. The van der Waals surface area contributed by atoms with E-state index in [-0.39, 0.29) is 12.5 Å². The molecule has 158 valence electrons. The molecule has 1 aromatic rings. The first-order chi connectivity index (χ1) is 13.3. The van der Waals surface area contributed by atoms with Gasteiger partial charge < -0.3 is 20.4 Å². The van der Waals surface area contributed by atoms with Crippen LogP contribution in [0.25, 0.3) is 0 Å². The molecular weight excluding hydrogens is 424 g/mol. The molecule has 0 spiro atoms. The van der Waals surface area contributed by atoms with Crippen molar-refractivity contribution in [3.8, 4) is 0 Å². The van der Waals surface area contributed by atoms with Gasteiger partial charge in [0.05, 0.1) is 12.2 Å². The van der Waals surface area contributed by atoms with Gasteiger partial charge in [-0.2, -0.15) is 0 Å². The third kappa shape index (κ3) is 7.89. The number of hydrogen-bond donors (Lipinski definition) is 3. The van der Waals surface area contributed by atoms with Crippen molar-refractivity contribution in [3.63, 3.8) is 0 Å². The Morgan fingerprint density at radius 1 is 1.00 bits per heavy atom. The molecule has 0 aromatic heterocycles. The van der Waals surface area contributed by atoms with Crippen molar-refractivity contribution in [1.29, 1.82) is 0 Å². The van der Waals surface area contributed by atoms with Crippen molar-refractivity contribution in [1.82, 2.24) is 10.2 Å². The van der Waals surface area contributed by atoms with Crippen molar-refractivity contribution >= 4 is 27.7 Å². The molecule has 0 heterocycles. The average Bonchev–Trinajstić information content (AvgIpc) is 2.68. The molecule has 0 bridgehead atoms. The largest absolute Gasteiger partial charge is 0.390 e. The van der Waals surface area contributed by atoms with Gasteiger partial charge in [0.15, 0.2) is 0 Å². The highest BCUT2D eigenvalue weighted by Gasteiger charge is 2.19.